The predicted octanol–water partition coefficient (Wildman–Crippen LogP) is 0.506. The summed E-state index contributed by atoms with van der Waals surface area (Å²) in [6.45, 7) is 5.24. The molecule has 1 unspecified atom stereocenters. The summed E-state index contributed by atoms with van der Waals surface area (Å²) in [7, 11) is 3.76. The van der Waals surface area contributed by atoms with Crippen LogP contribution in [0.2, 0.25) is 0 Å². The Kier molecular flexibility index (Phi) is 7.51. The van der Waals surface area contributed by atoms with Crippen molar-refractivity contribution in [1.82, 2.24) is 25.3 Å². The van der Waals surface area contributed by atoms with E-state index in [0.29, 0.717) is 18.3 Å². The van der Waals surface area contributed by atoms with E-state index in [1.54, 1.807) is 13.2 Å². The molecule has 2 rings (SSSR count). The molecule has 0 aliphatic carbocycles. The molecule has 2 N–H and O–H groups in total. The third-order valence-corrected chi connectivity index (χ3v) is 4.17. The zero-order valence-electron chi connectivity index (χ0n) is 14.3. The molecule has 130 valence electrons. The second kappa shape index (κ2) is 9.64. The van der Waals surface area contributed by atoms with E-state index in [1.807, 2.05) is 10.9 Å². The lowest BCUT2D eigenvalue weighted by Gasteiger charge is -2.22. The lowest BCUT2D eigenvalue weighted by Crippen LogP contribution is -2.32. The minimum atomic E-state index is -0.0907. The first-order valence-electron chi connectivity index (χ1n) is 8.42. The van der Waals surface area contributed by atoms with Gasteiger partial charge in [0.05, 0.1) is 12.6 Å². The van der Waals surface area contributed by atoms with E-state index in [1.165, 1.54) is 0 Å². The molecule has 0 aromatic carbocycles. The van der Waals surface area contributed by atoms with Gasteiger partial charge in [-0.25, -0.2) is 0 Å². The quantitative estimate of drug-likeness (QED) is 0.648. The highest BCUT2D eigenvalue weighted by atomic mass is 16.5. The van der Waals surface area contributed by atoms with Gasteiger partial charge in [-0.2, -0.15) is 5.10 Å². The predicted molar refractivity (Wildman–Crippen MR) is 89.7 cm³/mol. The van der Waals surface area contributed by atoms with Crippen molar-refractivity contribution in [3.05, 3.63) is 18.0 Å². The van der Waals surface area contributed by atoms with Gasteiger partial charge in [-0.05, 0) is 45.5 Å². The Balaban J connectivity index is 1.68. The van der Waals surface area contributed by atoms with Crippen molar-refractivity contribution < 1.29 is 9.53 Å². The molecule has 1 fully saturated rings. The molecule has 0 saturated carbocycles. The van der Waals surface area contributed by atoms with Crippen molar-refractivity contribution in [1.29, 1.82) is 0 Å². The van der Waals surface area contributed by atoms with Crippen LogP contribution in [-0.2, 0) is 4.74 Å². The average Bonchev–Trinajstić information content (AvgIpc) is 3.07. The first-order valence-corrected chi connectivity index (χ1v) is 8.42. The van der Waals surface area contributed by atoms with Crippen LogP contribution >= 0.6 is 0 Å². The molecular weight excluding hydrogens is 294 g/mol. The number of nitrogens with one attached hydrogen (secondary N) is 2. The highest BCUT2D eigenvalue weighted by Gasteiger charge is 2.17. The zero-order valence-corrected chi connectivity index (χ0v) is 14.3. The number of rotatable bonds is 9. The minimum absolute atomic E-state index is 0.0907. The largest absolute Gasteiger partial charge is 0.383 e. The first kappa shape index (κ1) is 17.9. The van der Waals surface area contributed by atoms with Gasteiger partial charge < -0.3 is 20.3 Å². The minimum Gasteiger partial charge on any atom is -0.383 e. The molecule has 1 aliphatic heterocycles. The van der Waals surface area contributed by atoms with Crippen LogP contribution in [0.3, 0.4) is 0 Å². The zero-order chi connectivity index (χ0) is 16.5. The van der Waals surface area contributed by atoms with E-state index < -0.39 is 0 Å². The van der Waals surface area contributed by atoms with Gasteiger partial charge in [-0.3, -0.25) is 9.48 Å². The number of carbonyl (C=O) groups is 1. The van der Waals surface area contributed by atoms with Gasteiger partial charge in [0, 0.05) is 32.9 Å². The summed E-state index contributed by atoms with van der Waals surface area (Å²) in [6, 6.07) is 2.16. The first-order chi connectivity index (χ1) is 11.2. The van der Waals surface area contributed by atoms with Crippen LogP contribution in [0.25, 0.3) is 0 Å². The van der Waals surface area contributed by atoms with Crippen molar-refractivity contribution in [3.8, 4) is 0 Å². The van der Waals surface area contributed by atoms with Gasteiger partial charge in [0.25, 0.3) is 5.91 Å². The van der Waals surface area contributed by atoms with Crippen LogP contribution in [-0.4, -0.2) is 74.1 Å². The van der Waals surface area contributed by atoms with E-state index in [0.717, 1.165) is 52.0 Å². The third kappa shape index (κ3) is 5.93. The monoisotopic (exact) mass is 323 g/mol. The van der Waals surface area contributed by atoms with Gasteiger partial charge in [-0.15, -0.1) is 0 Å². The van der Waals surface area contributed by atoms with Gasteiger partial charge in [0.15, 0.2) is 0 Å². The number of aromatic nitrogens is 2. The van der Waals surface area contributed by atoms with Crippen LogP contribution in [0.5, 0.6) is 0 Å². The number of hydrogen-bond acceptors (Lipinski definition) is 5. The number of methoxy groups -OCH3 is 1. The SMILES string of the molecule is COCCN(C)CCCNC(=O)c1ccn(C2CCCNC2)n1. The van der Waals surface area contributed by atoms with Crippen LogP contribution in [0.15, 0.2) is 12.3 Å². The number of ether oxygens (including phenoxy) is 1. The summed E-state index contributed by atoms with van der Waals surface area (Å²) in [5, 5.41) is 10.7. The number of hydrogen-bond donors (Lipinski definition) is 2. The topological polar surface area (TPSA) is 71.4 Å². The molecule has 1 saturated heterocycles. The molecule has 0 radical (unpaired) electrons. The van der Waals surface area contributed by atoms with Crippen LogP contribution in [0.4, 0.5) is 0 Å². The normalized spacial score (nSPS) is 18.3. The fourth-order valence-electron chi connectivity index (χ4n) is 2.72. The Morgan fingerprint density at radius 2 is 2.43 bits per heavy atom. The van der Waals surface area contributed by atoms with E-state index >= 15 is 0 Å². The molecule has 1 aliphatic rings. The van der Waals surface area contributed by atoms with Gasteiger partial charge >= 0.3 is 0 Å². The Morgan fingerprint density at radius 3 is 3.17 bits per heavy atom. The van der Waals surface area contributed by atoms with Crippen molar-refractivity contribution in [2.45, 2.75) is 25.3 Å². The van der Waals surface area contributed by atoms with Crippen LogP contribution in [0, 0.1) is 0 Å². The fourth-order valence-corrected chi connectivity index (χ4v) is 2.72. The Hall–Kier alpha value is -1.44. The van der Waals surface area contributed by atoms with E-state index in [9.17, 15) is 4.79 Å². The smallest absolute Gasteiger partial charge is 0.271 e. The lowest BCUT2D eigenvalue weighted by atomic mass is 10.1. The number of nitrogens with zero attached hydrogens (tertiary/aromatic N) is 3. The molecule has 1 atom stereocenters. The summed E-state index contributed by atoms with van der Waals surface area (Å²) in [5.41, 5.74) is 0.503. The Bertz CT molecular complexity index is 471. The van der Waals surface area contributed by atoms with Gasteiger partial charge in [-0.1, -0.05) is 0 Å². The van der Waals surface area contributed by atoms with E-state index in [4.69, 9.17) is 4.74 Å². The summed E-state index contributed by atoms with van der Waals surface area (Å²) in [6.07, 6.45) is 5.09. The molecule has 7 heteroatoms. The van der Waals surface area contributed by atoms with Gasteiger partial charge in [0.2, 0.25) is 0 Å². The molecule has 0 spiro atoms. The van der Waals surface area contributed by atoms with Crippen molar-refractivity contribution in [2.75, 3.05) is 53.5 Å². The second-order valence-corrected chi connectivity index (χ2v) is 6.09. The standard InChI is InChI=1S/C16H29N5O2/c1-20(11-12-23-2)9-4-8-18-16(22)15-6-10-21(19-15)14-5-3-7-17-13-14/h6,10,14,17H,3-5,7-9,11-13H2,1-2H3,(H,18,22). The van der Waals surface area contributed by atoms with Crippen molar-refractivity contribution in [3.63, 3.8) is 0 Å². The average molecular weight is 323 g/mol. The van der Waals surface area contributed by atoms with E-state index in [2.05, 4.69) is 27.7 Å². The number of piperidine rings is 1. The summed E-state index contributed by atoms with van der Waals surface area (Å²) in [5.74, 6) is -0.0907. The summed E-state index contributed by atoms with van der Waals surface area (Å²) < 4.78 is 6.96. The molecule has 7 nitrogen and oxygen atoms in total. The maximum absolute atomic E-state index is 12.1. The lowest BCUT2D eigenvalue weighted by molar-refractivity contribution is 0.0944. The summed E-state index contributed by atoms with van der Waals surface area (Å²) in [4.78, 5) is 14.3. The number of carbonyl (C=O) groups excluding carboxylic acids is 1. The highest BCUT2D eigenvalue weighted by Crippen LogP contribution is 2.15. The Labute approximate surface area is 138 Å². The number of likely N-dealkylation sites (N-methyl/N-ethyl adjacent to an activating group) is 1. The van der Waals surface area contributed by atoms with Gasteiger partial charge in [0.1, 0.15) is 5.69 Å². The highest BCUT2D eigenvalue weighted by molar-refractivity contribution is 5.92. The van der Waals surface area contributed by atoms with Crippen LogP contribution < -0.4 is 10.6 Å². The third-order valence-electron chi connectivity index (χ3n) is 4.17. The van der Waals surface area contributed by atoms with E-state index in [-0.39, 0.29) is 5.91 Å². The molecule has 0 bridgehead atoms. The molecule has 23 heavy (non-hydrogen) atoms. The van der Waals surface area contributed by atoms with Crippen molar-refractivity contribution >= 4 is 5.91 Å². The maximum atomic E-state index is 12.1. The summed E-state index contributed by atoms with van der Waals surface area (Å²) >= 11 is 0. The van der Waals surface area contributed by atoms with Crippen molar-refractivity contribution in [2.24, 2.45) is 0 Å². The molecule has 2 heterocycles. The Morgan fingerprint density at radius 1 is 1.57 bits per heavy atom. The number of amides is 1. The fraction of sp³-hybridized carbons (Fsp3) is 0.750. The van der Waals surface area contributed by atoms with Crippen LogP contribution in [0.1, 0.15) is 35.8 Å². The molecule has 1 aromatic heterocycles. The second-order valence-electron chi connectivity index (χ2n) is 6.09. The maximum Gasteiger partial charge on any atom is 0.271 e. The molecule has 1 aromatic rings. The molecule has 1 amide bonds. The molecular formula is C16H29N5O2.